The minimum atomic E-state index is 0.458. The largest absolute Gasteiger partial charge is 0.330 e. The van der Waals surface area contributed by atoms with Crippen LogP contribution in [0.4, 0.5) is 0 Å². The molecule has 0 aliphatic rings. The summed E-state index contributed by atoms with van der Waals surface area (Å²) in [6.45, 7) is 1.01. The molecule has 2 heterocycles. The van der Waals surface area contributed by atoms with Gasteiger partial charge in [-0.1, -0.05) is 23.4 Å². The van der Waals surface area contributed by atoms with E-state index in [9.17, 15) is 0 Å². The van der Waals surface area contributed by atoms with E-state index in [1.807, 2.05) is 36.5 Å². The number of para-hydroxylation sites is 1. The van der Waals surface area contributed by atoms with Crippen molar-refractivity contribution >= 4 is 0 Å². The van der Waals surface area contributed by atoms with Gasteiger partial charge in [0, 0.05) is 12.6 Å². The maximum atomic E-state index is 5.49. The summed E-state index contributed by atoms with van der Waals surface area (Å²) in [7, 11) is 0. The molecule has 0 aliphatic heterocycles. The van der Waals surface area contributed by atoms with Crippen molar-refractivity contribution < 1.29 is 0 Å². The fraction of sp³-hybridized carbons (Fsp3) is 0.250. The number of hydrogen-bond acceptors (Lipinski definition) is 6. The third kappa shape index (κ3) is 2.54. The van der Waals surface area contributed by atoms with Crippen molar-refractivity contribution in [3.63, 3.8) is 0 Å². The minimum Gasteiger partial charge on any atom is -0.330 e. The third-order valence-corrected chi connectivity index (χ3v) is 2.82. The highest BCUT2D eigenvalue weighted by atomic mass is 15.6. The van der Waals surface area contributed by atoms with Gasteiger partial charge in [-0.25, -0.2) is 4.68 Å². The van der Waals surface area contributed by atoms with Crippen molar-refractivity contribution in [2.75, 3.05) is 6.54 Å². The Kier molecular flexibility index (Phi) is 3.46. The van der Waals surface area contributed by atoms with Gasteiger partial charge in [0.05, 0.1) is 11.4 Å². The van der Waals surface area contributed by atoms with Crippen LogP contribution in [0.5, 0.6) is 0 Å². The molecule has 3 rings (SSSR count). The Balaban J connectivity index is 1.83. The quantitative estimate of drug-likeness (QED) is 0.689. The maximum Gasteiger partial charge on any atom is 0.178 e. The smallest absolute Gasteiger partial charge is 0.178 e. The molecule has 0 fully saturated rings. The highest BCUT2D eigenvalue weighted by Gasteiger charge is 2.10. The first-order valence-corrected chi connectivity index (χ1v) is 6.28. The molecule has 8 nitrogen and oxygen atoms in total. The summed E-state index contributed by atoms with van der Waals surface area (Å²) in [5.41, 5.74) is 7.27. The van der Waals surface area contributed by atoms with Gasteiger partial charge >= 0.3 is 0 Å². The first-order valence-electron chi connectivity index (χ1n) is 6.28. The van der Waals surface area contributed by atoms with Crippen molar-refractivity contribution in [3.8, 4) is 5.69 Å². The van der Waals surface area contributed by atoms with Gasteiger partial charge in [0.25, 0.3) is 0 Å². The van der Waals surface area contributed by atoms with Crippen molar-refractivity contribution in [2.24, 2.45) is 5.73 Å². The average Bonchev–Trinajstić information content (AvgIpc) is 3.10. The Labute approximate surface area is 115 Å². The van der Waals surface area contributed by atoms with Gasteiger partial charge in [-0.2, -0.15) is 4.68 Å². The Bertz CT molecular complexity index is 672. The molecule has 102 valence electrons. The molecule has 0 saturated carbocycles. The number of aromatic nitrogens is 7. The Morgan fingerprint density at radius 2 is 1.90 bits per heavy atom. The van der Waals surface area contributed by atoms with Crippen molar-refractivity contribution in [3.05, 3.63) is 48.0 Å². The Morgan fingerprint density at radius 1 is 1.05 bits per heavy atom. The zero-order valence-corrected chi connectivity index (χ0v) is 10.8. The molecule has 1 aromatic carbocycles. The number of benzene rings is 1. The second-order valence-corrected chi connectivity index (χ2v) is 4.29. The van der Waals surface area contributed by atoms with Crippen molar-refractivity contribution in [2.45, 2.75) is 13.0 Å². The lowest BCUT2D eigenvalue weighted by molar-refractivity contribution is 0.609. The summed E-state index contributed by atoms with van der Waals surface area (Å²) >= 11 is 0. The van der Waals surface area contributed by atoms with Gasteiger partial charge in [0.1, 0.15) is 6.54 Å². The summed E-state index contributed by atoms with van der Waals surface area (Å²) in [4.78, 5) is 0. The molecule has 2 aromatic heterocycles. The number of rotatable bonds is 5. The molecule has 0 atom stereocenters. The molecular weight excluding hydrogens is 256 g/mol. The van der Waals surface area contributed by atoms with E-state index in [4.69, 9.17) is 5.73 Å². The summed E-state index contributed by atoms with van der Waals surface area (Å²) < 4.78 is 3.39. The van der Waals surface area contributed by atoms with Crippen LogP contribution in [-0.2, 0) is 13.0 Å². The van der Waals surface area contributed by atoms with E-state index >= 15 is 0 Å². The maximum absolute atomic E-state index is 5.49. The second kappa shape index (κ2) is 5.57. The molecule has 0 spiro atoms. The molecule has 2 N–H and O–H groups in total. The summed E-state index contributed by atoms with van der Waals surface area (Å²) in [5.74, 6) is 0.695. The molecule has 0 unspecified atom stereocenters. The van der Waals surface area contributed by atoms with Crippen LogP contribution in [-0.4, -0.2) is 41.7 Å². The second-order valence-electron chi connectivity index (χ2n) is 4.29. The summed E-state index contributed by atoms with van der Waals surface area (Å²) in [6.07, 6.45) is 2.57. The molecule has 3 aromatic rings. The Morgan fingerprint density at radius 3 is 2.70 bits per heavy atom. The van der Waals surface area contributed by atoms with Crippen molar-refractivity contribution in [1.82, 2.24) is 35.2 Å². The fourth-order valence-electron chi connectivity index (χ4n) is 1.90. The first kappa shape index (κ1) is 12.4. The number of tetrazole rings is 1. The standard InChI is InChI=1S/C12H14N8/c13-7-6-10-8-19(17-14-10)9-12-15-16-18-20(12)11-4-2-1-3-5-11/h1-5,8H,6-7,9,13H2. The van der Waals surface area contributed by atoms with Crippen LogP contribution >= 0.6 is 0 Å². The highest BCUT2D eigenvalue weighted by molar-refractivity contribution is 5.30. The van der Waals surface area contributed by atoms with Crippen LogP contribution in [0.2, 0.25) is 0 Å². The molecule has 0 aliphatic carbocycles. The number of nitrogens with zero attached hydrogens (tertiary/aromatic N) is 7. The minimum absolute atomic E-state index is 0.458. The normalized spacial score (nSPS) is 10.8. The van der Waals surface area contributed by atoms with Gasteiger partial charge in [-0.3, -0.25) is 0 Å². The predicted octanol–water partition coefficient (Wildman–Crippen LogP) is -0.197. The van der Waals surface area contributed by atoms with Crippen LogP contribution in [0.15, 0.2) is 36.5 Å². The lowest BCUT2D eigenvalue weighted by Crippen LogP contribution is -2.09. The Hall–Kier alpha value is -2.61. The fourth-order valence-corrected chi connectivity index (χ4v) is 1.90. The van der Waals surface area contributed by atoms with E-state index in [0.717, 1.165) is 11.4 Å². The van der Waals surface area contributed by atoms with Gasteiger partial charge in [0.15, 0.2) is 5.82 Å². The molecule has 0 bridgehead atoms. The van der Waals surface area contributed by atoms with Crippen LogP contribution in [0.25, 0.3) is 5.69 Å². The van der Waals surface area contributed by atoms with Gasteiger partial charge < -0.3 is 5.73 Å². The van der Waals surface area contributed by atoms with Gasteiger partial charge in [-0.15, -0.1) is 10.2 Å². The zero-order valence-electron chi connectivity index (χ0n) is 10.8. The van der Waals surface area contributed by atoms with Crippen LogP contribution < -0.4 is 5.73 Å². The molecule has 0 amide bonds. The van der Waals surface area contributed by atoms with Gasteiger partial charge in [-0.05, 0) is 29.1 Å². The third-order valence-electron chi connectivity index (χ3n) is 2.82. The first-order chi connectivity index (χ1) is 9.86. The highest BCUT2D eigenvalue weighted by Crippen LogP contribution is 2.08. The molecule has 20 heavy (non-hydrogen) atoms. The van der Waals surface area contributed by atoms with E-state index in [2.05, 4.69) is 25.8 Å². The molecule has 0 radical (unpaired) electrons. The summed E-state index contributed by atoms with van der Waals surface area (Å²) in [5, 5.41) is 19.8. The van der Waals surface area contributed by atoms with E-state index in [-0.39, 0.29) is 0 Å². The van der Waals surface area contributed by atoms with E-state index in [1.165, 1.54) is 0 Å². The van der Waals surface area contributed by atoms with E-state index in [0.29, 0.717) is 25.3 Å². The van der Waals surface area contributed by atoms with Crippen LogP contribution in [0.1, 0.15) is 11.5 Å². The topological polar surface area (TPSA) is 100 Å². The van der Waals surface area contributed by atoms with Crippen LogP contribution in [0.3, 0.4) is 0 Å². The monoisotopic (exact) mass is 270 g/mol. The van der Waals surface area contributed by atoms with Gasteiger partial charge in [0.2, 0.25) is 0 Å². The molecule has 0 saturated heterocycles. The lowest BCUT2D eigenvalue weighted by atomic mass is 10.3. The molecular formula is C12H14N8. The van der Waals surface area contributed by atoms with Crippen LogP contribution in [0, 0.1) is 0 Å². The predicted molar refractivity (Wildman–Crippen MR) is 71.0 cm³/mol. The number of hydrogen-bond donors (Lipinski definition) is 1. The number of nitrogens with two attached hydrogens (primary N) is 1. The average molecular weight is 270 g/mol. The van der Waals surface area contributed by atoms with E-state index < -0.39 is 0 Å². The summed E-state index contributed by atoms with van der Waals surface area (Å²) in [6, 6.07) is 9.72. The van der Waals surface area contributed by atoms with E-state index in [1.54, 1.807) is 9.36 Å². The lowest BCUT2D eigenvalue weighted by Gasteiger charge is -2.03. The van der Waals surface area contributed by atoms with Crippen molar-refractivity contribution in [1.29, 1.82) is 0 Å². The SMILES string of the molecule is NCCc1cn(Cc2nnnn2-c2ccccc2)nn1. The molecule has 8 heteroatoms. The zero-order chi connectivity index (χ0) is 13.8.